The van der Waals surface area contributed by atoms with Crippen molar-refractivity contribution in [3.63, 3.8) is 0 Å². The summed E-state index contributed by atoms with van der Waals surface area (Å²) in [5.74, 6) is -1.24. The average Bonchev–Trinajstić information content (AvgIpc) is 3.31. The first kappa shape index (κ1) is 25.1. The van der Waals surface area contributed by atoms with Crippen LogP contribution in [0.15, 0.2) is 42.5 Å². The number of benzene rings is 2. The molecule has 0 bridgehead atoms. The van der Waals surface area contributed by atoms with Crippen LogP contribution in [0.25, 0.3) is 10.2 Å². The van der Waals surface area contributed by atoms with Gasteiger partial charge in [-0.2, -0.15) is 0 Å². The van der Waals surface area contributed by atoms with Crippen LogP contribution in [0.3, 0.4) is 0 Å². The number of nitrogens with zero attached hydrogens (tertiary/aromatic N) is 4. The third kappa shape index (κ3) is 5.04. The summed E-state index contributed by atoms with van der Waals surface area (Å²) in [5.41, 5.74) is 1.40. The van der Waals surface area contributed by atoms with E-state index in [2.05, 4.69) is 23.7 Å². The number of carbonyl (C=O) groups excluding carboxylic acids is 3. The van der Waals surface area contributed by atoms with Crippen LogP contribution in [0.5, 0.6) is 0 Å². The van der Waals surface area contributed by atoms with E-state index in [9.17, 15) is 14.4 Å². The Labute approximate surface area is 207 Å². The van der Waals surface area contributed by atoms with E-state index in [-0.39, 0.29) is 24.9 Å². The smallest absolute Gasteiger partial charge is 0.262 e. The Morgan fingerprint density at radius 2 is 1.67 bits per heavy atom. The minimum Gasteiger partial charge on any atom is -0.302 e. The Kier molecular flexibility index (Phi) is 8.07. The molecule has 10 heteroatoms. The van der Waals surface area contributed by atoms with Gasteiger partial charge in [0.2, 0.25) is 5.91 Å². The number of carbonyl (C=O) groups is 3. The lowest BCUT2D eigenvalue weighted by Crippen LogP contribution is -2.45. The van der Waals surface area contributed by atoms with Gasteiger partial charge < -0.3 is 4.90 Å². The van der Waals surface area contributed by atoms with Crippen LogP contribution in [-0.2, 0) is 4.79 Å². The molecule has 0 atom stereocenters. The van der Waals surface area contributed by atoms with Crippen molar-refractivity contribution in [1.29, 1.82) is 0 Å². The lowest BCUT2D eigenvalue weighted by molar-refractivity contribution is -0.119. The van der Waals surface area contributed by atoms with Crippen molar-refractivity contribution in [2.24, 2.45) is 0 Å². The first-order valence-electron chi connectivity index (χ1n) is 10.5. The van der Waals surface area contributed by atoms with Crippen LogP contribution in [0.4, 0.5) is 5.13 Å². The highest BCUT2D eigenvalue weighted by atomic mass is 35.5. The molecule has 3 amide bonds. The van der Waals surface area contributed by atoms with E-state index in [1.807, 2.05) is 12.1 Å². The molecule has 1 aliphatic rings. The molecule has 3 aromatic rings. The Hall–Kier alpha value is -2.52. The molecule has 2 aromatic carbocycles. The molecular formula is C23H24Cl2N4O3S. The number of fused-ring (bicyclic) bond motifs is 2. The van der Waals surface area contributed by atoms with E-state index >= 15 is 0 Å². The average molecular weight is 507 g/mol. The molecule has 0 saturated carbocycles. The first-order valence-corrected chi connectivity index (χ1v) is 11.7. The monoisotopic (exact) mass is 506 g/mol. The predicted molar refractivity (Wildman–Crippen MR) is 134 cm³/mol. The maximum atomic E-state index is 13.4. The fourth-order valence-electron chi connectivity index (χ4n) is 3.71. The Morgan fingerprint density at radius 3 is 2.27 bits per heavy atom. The number of thiazole rings is 1. The molecule has 33 heavy (non-hydrogen) atoms. The number of hydrogen-bond donors (Lipinski definition) is 0. The number of hydrogen-bond acceptors (Lipinski definition) is 6. The van der Waals surface area contributed by atoms with Gasteiger partial charge in [-0.15, -0.1) is 12.4 Å². The van der Waals surface area contributed by atoms with Gasteiger partial charge in [-0.25, -0.2) is 4.98 Å². The third-order valence-corrected chi connectivity index (χ3v) is 6.85. The molecule has 1 aliphatic heterocycles. The summed E-state index contributed by atoms with van der Waals surface area (Å²) in [5, 5.41) is 1.12. The van der Waals surface area contributed by atoms with Crippen LogP contribution in [-0.4, -0.2) is 65.2 Å². The van der Waals surface area contributed by atoms with Gasteiger partial charge in [-0.1, -0.05) is 48.9 Å². The quantitative estimate of drug-likeness (QED) is 0.424. The number of aromatic nitrogens is 1. The van der Waals surface area contributed by atoms with Gasteiger partial charge in [0, 0.05) is 18.1 Å². The summed E-state index contributed by atoms with van der Waals surface area (Å²) in [6.07, 6.45) is 0. The van der Waals surface area contributed by atoms with Crippen LogP contribution in [0, 0.1) is 0 Å². The predicted octanol–water partition coefficient (Wildman–Crippen LogP) is 4.34. The van der Waals surface area contributed by atoms with E-state index in [1.54, 1.807) is 35.2 Å². The van der Waals surface area contributed by atoms with Crippen molar-refractivity contribution >= 4 is 68.4 Å². The summed E-state index contributed by atoms with van der Waals surface area (Å²) < 4.78 is 0.869. The molecule has 0 unspecified atom stereocenters. The Morgan fingerprint density at radius 1 is 1.03 bits per heavy atom. The summed E-state index contributed by atoms with van der Waals surface area (Å²) in [6, 6.07) is 12.0. The highest BCUT2D eigenvalue weighted by Crippen LogP contribution is 2.31. The maximum Gasteiger partial charge on any atom is 0.262 e. The second kappa shape index (κ2) is 10.6. The molecule has 0 N–H and O–H groups in total. The minimum atomic E-state index is -0.446. The second-order valence-electron chi connectivity index (χ2n) is 7.42. The highest BCUT2D eigenvalue weighted by Gasteiger charge is 2.37. The standard InChI is InChI=1S/C23H23ClN4O3S.ClH/c1-3-26(4-2)11-12-27(23-25-18-10-9-15(24)13-19(18)32-23)20(29)14-28-21(30)16-7-5-6-8-17(16)22(28)31;/h5-10,13H,3-4,11-12,14H2,1-2H3;1H. The highest BCUT2D eigenvalue weighted by molar-refractivity contribution is 7.22. The topological polar surface area (TPSA) is 73.8 Å². The normalized spacial score (nSPS) is 12.9. The molecule has 0 radical (unpaired) electrons. The Balaban J connectivity index is 0.00000306. The van der Waals surface area contributed by atoms with Crippen LogP contribution in [0.1, 0.15) is 34.6 Å². The fraction of sp³-hybridized carbons (Fsp3) is 0.304. The molecule has 7 nitrogen and oxygen atoms in total. The van der Waals surface area contributed by atoms with Crippen molar-refractivity contribution < 1.29 is 14.4 Å². The molecule has 4 rings (SSSR count). The largest absolute Gasteiger partial charge is 0.302 e. The Bertz CT molecular complexity index is 1160. The van der Waals surface area contributed by atoms with Crippen molar-refractivity contribution in [2.75, 3.05) is 37.6 Å². The van der Waals surface area contributed by atoms with Crippen LogP contribution < -0.4 is 4.90 Å². The van der Waals surface area contributed by atoms with Crippen LogP contribution >= 0.6 is 35.3 Å². The number of amides is 3. The van der Waals surface area contributed by atoms with E-state index in [4.69, 9.17) is 11.6 Å². The fourth-order valence-corrected chi connectivity index (χ4v) is 5.00. The van der Waals surface area contributed by atoms with Gasteiger partial charge in [-0.05, 0) is 43.4 Å². The molecule has 0 fully saturated rings. The van der Waals surface area contributed by atoms with Gasteiger partial charge >= 0.3 is 0 Å². The van der Waals surface area contributed by atoms with Crippen molar-refractivity contribution in [3.05, 3.63) is 58.6 Å². The van der Waals surface area contributed by atoms with E-state index in [0.29, 0.717) is 34.4 Å². The van der Waals surface area contributed by atoms with Gasteiger partial charge in [-0.3, -0.25) is 24.2 Å². The van der Waals surface area contributed by atoms with E-state index in [0.717, 1.165) is 28.2 Å². The number of anilines is 1. The number of likely N-dealkylation sites (N-methyl/N-ethyl adjacent to an activating group) is 1. The van der Waals surface area contributed by atoms with Crippen molar-refractivity contribution in [1.82, 2.24) is 14.8 Å². The van der Waals surface area contributed by atoms with E-state index in [1.165, 1.54) is 11.3 Å². The molecule has 2 heterocycles. The lowest BCUT2D eigenvalue weighted by atomic mass is 10.1. The molecule has 0 saturated heterocycles. The van der Waals surface area contributed by atoms with Gasteiger partial charge in [0.05, 0.1) is 21.3 Å². The molecule has 0 spiro atoms. The van der Waals surface area contributed by atoms with Gasteiger partial charge in [0.1, 0.15) is 6.54 Å². The van der Waals surface area contributed by atoms with Gasteiger partial charge in [0.25, 0.3) is 11.8 Å². The van der Waals surface area contributed by atoms with Gasteiger partial charge in [0.15, 0.2) is 5.13 Å². The molecule has 1 aromatic heterocycles. The van der Waals surface area contributed by atoms with Crippen molar-refractivity contribution in [2.45, 2.75) is 13.8 Å². The summed E-state index contributed by atoms with van der Waals surface area (Å²) in [7, 11) is 0. The molecule has 174 valence electrons. The number of halogens is 2. The maximum absolute atomic E-state index is 13.4. The number of rotatable bonds is 8. The molecular weight excluding hydrogens is 483 g/mol. The summed E-state index contributed by atoms with van der Waals surface area (Å²) >= 11 is 7.47. The zero-order chi connectivity index (χ0) is 22.8. The first-order chi connectivity index (χ1) is 15.4. The number of imide groups is 1. The second-order valence-corrected chi connectivity index (χ2v) is 8.87. The zero-order valence-electron chi connectivity index (χ0n) is 18.3. The summed E-state index contributed by atoms with van der Waals surface area (Å²) in [4.78, 5) is 48.3. The van der Waals surface area contributed by atoms with E-state index < -0.39 is 11.8 Å². The third-order valence-electron chi connectivity index (χ3n) is 5.58. The SMILES string of the molecule is CCN(CC)CCN(C(=O)CN1C(=O)c2ccccc2C1=O)c1nc2ccc(Cl)cc2s1.Cl. The van der Waals surface area contributed by atoms with Crippen LogP contribution in [0.2, 0.25) is 5.02 Å². The minimum absolute atomic E-state index is 0. The lowest BCUT2D eigenvalue weighted by Gasteiger charge is -2.26. The zero-order valence-corrected chi connectivity index (χ0v) is 20.7. The molecule has 0 aliphatic carbocycles. The van der Waals surface area contributed by atoms with Crippen molar-refractivity contribution in [3.8, 4) is 0 Å². The summed E-state index contributed by atoms with van der Waals surface area (Å²) in [6.45, 7) is 6.55.